The lowest BCUT2D eigenvalue weighted by molar-refractivity contribution is -0.138. The molecule has 0 bridgehead atoms. The molecule has 2 rings (SSSR count). The van der Waals surface area contributed by atoms with E-state index in [4.69, 9.17) is 9.47 Å². The van der Waals surface area contributed by atoms with Crippen molar-refractivity contribution in [2.24, 2.45) is 0 Å². The van der Waals surface area contributed by atoms with Crippen LogP contribution < -0.4 is 0 Å². The molecule has 1 heterocycles. The van der Waals surface area contributed by atoms with E-state index in [0.29, 0.717) is 17.9 Å². The largest absolute Gasteiger partial charge is 0.348 e. The average molecular weight is 270 g/mol. The maximum absolute atomic E-state index is 12.1. The zero-order chi connectivity index (χ0) is 13.2. The summed E-state index contributed by atoms with van der Waals surface area (Å²) in [5, 5.41) is 0. The highest BCUT2D eigenvalue weighted by Crippen LogP contribution is 2.25. The molecule has 100 valence electrons. The molecular weight excluding hydrogens is 252 g/mol. The fourth-order valence-electron chi connectivity index (χ4n) is 1.94. The summed E-state index contributed by atoms with van der Waals surface area (Å²) in [6.45, 7) is 4.12. The van der Waals surface area contributed by atoms with E-state index in [1.165, 1.54) is 0 Å². The Labute approximate surface area is 108 Å². The van der Waals surface area contributed by atoms with Crippen molar-refractivity contribution in [2.75, 3.05) is 12.4 Å². The van der Waals surface area contributed by atoms with Crippen molar-refractivity contribution < 1.29 is 17.9 Å². The molecule has 1 aromatic rings. The maximum atomic E-state index is 12.1. The quantitative estimate of drug-likeness (QED) is 0.839. The first kappa shape index (κ1) is 13.5. The highest BCUT2D eigenvalue weighted by atomic mass is 32.2. The van der Waals surface area contributed by atoms with Gasteiger partial charge in [-0.15, -0.1) is 0 Å². The molecule has 1 aromatic carbocycles. The zero-order valence-corrected chi connectivity index (χ0v) is 11.4. The van der Waals surface area contributed by atoms with Crippen LogP contribution in [0.15, 0.2) is 35.2 Å². The standard InChI is InChI=1S/C13H18O4S/c1-13(2)16-10-11(17-13)8-9-18(14,15)12-6-4-3-5-7-12/h3-7,11H,8-10H2,1-2H3. The molecule has 1 aliphatic heterocycles. The molecule has 0 amide bonds. The van der Waals surface area contributed by atoms with Crippen LogP contribution in [0.1, 0.15) is 20.3 Å². The van der Waals surface area contributed by atoms with Crippen LogP contribution in [0.3, 0.4) is 0 Å². The van der Waals surface area contributed by atoms with Gasteiger partial charge in [-0.2, -0.15) is 0 Å². The first-order valence-corrected chi connectivity index (χ1v) is 7.64. The molecule has 1 fully saturated rings. The van der Waals surface area contributed by atoms with Gasteiger partial charge in [-0.05, 0) is 32.4 Å². The Balaban J connectivity index is 1.95. The molecule has 0 N–H and O–H groups in total. The molecule has 4 nitrogen and oxygen atoms in total. The average Bonchev–Trinajstić information content (AvgIpc) is 2.68. The molecular formula is C13H18O4S. The van der Waals surface area contributed by atoms with Crippen LogP contribution in [0.25, 0.3) is 0 Å². The van der Waals surface area contributed by atoms with Crippen LogP contribution in [0.4, 0.5) is 0 Å². The molecule has 1 atom stereocenters. The fourth-order valence-corrected chi connectivity index (χ4v) is 3.32. The summed E-state index contributed by atoms with van der Waals surface area (Å²) in [6, 6.07) is 8.49. The molecule has 1 unspecified atom stereocenters. The molecule has 0 saturated carbocycles. The highest BCUT2D eigenvalue weighted by Gasteiger charge is 2.33. The number of ether oxygens (including phenoxy) is 2. The van der Waals surface area contributed by atoms with E-state index in [1.807, 2.05) is 13.8 Å². The topological polar surface area (TPSA) is 52.6 Å². The van der Waals surface area contributed by atoms with Crippen LogP contribution >= 0.6 is 0 Å². The molecule has 18 heavy (non-hydrogen) atoms. The molecule has 0 aliphatic carbocycles. The summed E-state index contributed by atoms with van der Waals surface area (Å²) in [6.07, 6.45) is 0.319. The molecule has 5 heteroatoms. The van der Waals surface area contributed by atoms with Crippen molar-refractivity contribution in [1.29, 1.82) is 0 Å². The fraction of sp³-hybridized carbons (Fsp3) is 0.538. The Bertz CT molecular complexity index is 493. The molecule has 0 spiro atoms. The van der Waals surface area contributed by atoms with Gasteiger partial charge in [0.1, 0.15) is 0 Å². The lowest BCUT2D eigenvalue weighted by atomic mass is 10.3. The van der Waals surface area contributed by atoms with E-state index in [2.05, 4.69) is 0 Å². The van der Waals surface area contributed by atoms with Gasteiger partial charge in [-0.3, -0.25) is 0 Å². The predicted molar refractivity (Wildman–Crippen MR) is 68.0 cm³/mol. The van der Waals surface area contributed by atoms with E-state index >= 15 is 0 Å². The van der Waals surface area contributed by atoms with Crippen LogP contribution in [-0.4, -0.2) is 32.7 Å². The summed E-state index contributed by atoms with van der Waals surface area (Å²) < 4.78 is 35.1. The lowest BCUT2D eigenvalue weighted by Gasteiger charge is -2.17. The van der Waals surface area contributed by atoms with Gasteiger partial charge in [-0.25, -0.2) is 8.42 Å². The van der Waals surface area contributed by atoms with E-state index in [9.17, 15) is 8.42 Å². The minimum atomic E-state index is -3.22. The Morgan fingerprint density at radius 3 is 2.50 bits per heavy atom. The SMILES string of the molecule is CC1(C)OCC(CCS(=O)(=O)c2ccccc2)O1. The van der Waals surface area contributed by atoms with E-state index in [-0.39, 0.29) is 11.9 Å². The van der Waals surface area contributed by atoms with Crippen LogP contribution in [0, 0.1) is 0 Å². The minimum absolute atomic E-state index is 0.0844. The first-order chi connectivity index (χ1) is 8.39. The second-order valence-electron chi connectivity index (χ2n) is 4.87. The monoisotopic (exact) mass is 270 g/mol. The summed E-state index contributed by atoms with van der Waals surface area (Å²) in [5.41, 5.74) is 0. The predicted octanol–water partition coefficient (Wildman–Crippen LogP) is 2.00. The second kappa shape index (κ2) is 4.99. The zero-order valence-electron chi connectivity index (χ0n) is 10.6. The lowest BCUT2D eigenvalue weighted by Crippen LogP contribution is -2.23. The number of sulfone groups is 1. The van der Waals surface area contributed by atoms with Gasteiger partial charge < -0.3 is 9.47 Å². The van der Waals surface area contributed by atoms with Gasteiger partial charge >= 0.3 is 0 Å². The van der Waals surface area contributed by atoms with Gasteiger partial charge in [0.25, 0.3) is 0 Å². The van der Waals surface area contributed by atoms with Crippen molar-refractivity contribution in [1.82, 2.24) is 0 Å². The van der Waals surface area contributed by atoms with Crippen LogP contribution in [-0.2, 0) is 19.3 Å². The number of benzene rings is 1. The molecule has 1 saturated heterocycles. The third-order valence-corrected chi connectivity index (χ3v) is 4.64. The smallest absolute Gasteiger partial charge is 0.178 e. The van der Waals surface area contributed by atoms with Crippen molar-refractivity contribution in [3.8, 4) is 0 Å². The number of rotatable bonds is 4. The number of hydrogen-bond donors (Lipinski definition) is 0. The highest BCUT2D eigenvalue weighted by molar-refractivity contribution is 7.91. The Hall–Kier alpha value is -0.910. The van der Waals surface area contributed by atoms with Crippen LogP contribution in [0.2, 0.25) is 0 Å². The first-order valence-electron chi connectivity index (χ1n) is 5.99. The van der Waals surface area contributed by atoms with Gasteiger partial charge in [-0.1, -0.05) is 18.2 Å². The molecule has 1 aliphatic rings. The Morgan fingerprint density at radius 2 is 1.94 bits per heavy atom. The van der Waals surface area contributed by atoms with Crippen molar-refractivity contribution in [3.05, 3.63) is 30.3 Å². The second-order valence-corrected chi connectivity index (χ2v) is 6.98. The van der Waals surface area contributed by atoms with Gasteiger partial charge in [0.05, 0.1) is 23.4 Å². The van der Waals surface area contributed by atoms with Gasteiger partial charge in [0, 0.05) is 0 Å². The third-order valence-electron chi connectivity index (χ3n) is 2.88. The van der Waals surface area contributed by atoms with Crippen molar-refractivity contribution in [2.45, 2.75) is 37.1 Å². The Kier molecular flexibility index (Phi) is 3.75. The summed E-state index contributed by atoms with van der Waals surface area (Å²) in [7, 11) is -3.22. The molecule has 0 aromatic heterocycles. The Morgan fingerprint density at radius 1 is 1.28 bits per heavy atom. The van der Waals surface area contributed by atoms with E-state index in [1.54, 1.807) is 30.3 Å². The van der Waals surface area contributed by atoms with Crippen molar-refractivity contribution in [3.63, 3.8) is 0 Å². The maximum Gasteiger partial charge on any atom is 0.178 e. The normalized spacial score (nSPS) is 23.1. The van der Waals surface area contributed by atoms with Gasteiger partial charge in [0.2, 0.25) is 0 Å². The summed E-state index contributed by atoms with van der Waals surface area (Å²) in [5.74, 6) is -0.512. The van der Waals surface area contributed by atoms with Crippen molar-refractivity contribution >= 4 is 9.84 Å². The number of hydrogen-bond acceptors (Lipinski definition) is 4. The van der Waals surface area contributed by atoms with Crippen LogP contribution in [0.5, 0.6) is 0 Å². The van der Waals surface area contributed by atoms with E-state index in [0.717, 1.165) is 0 Å². The summed E-state index contributed by atoms with van der Waals surface area (Å²) in [4.78, 5) is 0.364. The van der Waals surface area contributed by atoms with Gasteiger partial charge in [0.15, 0.2) is 15.6 Å². The van der Waals surface area contributed by atoms with E-state index < -0.39 is 15.6 Å². The molecule has 0 radical (unpaired) electrons. The third kappa shape index (κ3) is 3.31. The minimum Gasteiger partial charge on any atom is -0.348 e. The summed E-state index contributed by atoms with van der Waals surface area (Å²) >= 11 is 0.